The molecule has 0 saturated carbocycles. The maximum Gasteiger partial charge on any atom is 0.257 e. The molecule has 0 aromatic heterocycles. The molecule has 3 aromatic carbocycles. The zero-order valence-corrected chi connectivity index (χ0v) is 24.6. The van der Waals surface area contributed by atoms with Gasteiger partial charge in [-0.1, -0.05) is 43.3 Å². The third-order valence-corrected chi connectivity index (χ3v) is 7.69. The van der Waals surface area contributed by atoms with Gasteiger partial charge in [0.2, 0.25) is 0 Å². The Morgan fingerprint density at radius 3 is 2.51 bits per heavy atom. The van der Waals surface area contributed by atoms with Crippen molar-refractivity contribution < 1.29 is 23.8 Å². The van der Waals surface area contributed by atoms with Crippen LogP contribution in [-0.4, -0.2) is 81.3 Å². The van der Waals surface area contributed by atoms with E-state index in [0.717, 1.165) is 19.5 Å². The normalized spacial score (nSPS) is 20.3. The maximum absolute atomic E-state index is 13.7. The molecule has 4 rings (SSSR count). The predicted octanol–water partition coefficient (Wildman–Crippen LogP) is 5.00. The first-order valence-electron chi connectivity index (χ1n) is 14.1. The highest BCUT2D eigenvalue weighted by Crippen LogP contribution is 2.27. The average Bonchev–Trinajstić information content (AvgIpc) is 3.00. The van der Waals surface area contributed by atoms with E-state index in [-0.39, 0.29) is 29.9 Å². The number of fused-ring (bicyclic) bond motifs is 1. The van der Waals surface area contributed by atoms with Crippen LogP contribution in [0.4, 0.5) is 5.69 Å². The summed E-state index contributed by atoms with van der Waals surface area (Å²) in [6.07, 6.45) is 0.788. The van der Waals surface area contributed by atoms with E-state index in [1.807, 2.05) is 6.07 Å². The highest BCUT2D eigenvalue weighted by molar-refractivity contribution is 6.05. The molecule has 0 saturated heterocycles. The standard InChI is InChI=1S/C33H41N3O5/c1-23-20-36(17-16-25-10-7-6-8-11-25)24(2)22-41-30-15-14-27(19-29(30)33(38)35(3)21-31(23)40-5)34-32(37)26-12-9-13-28(18-26)39-4/h6-15,18-19,23-24,31H,16-17,20-22H2,1-5H3,(H,34,37)/t23-,24+,31+/m0/s1. The van der Waals surface area contributed by atoms with E-state index < -0.39 is 0 Å². The lowest BCUT2D eigenvalue weighted by atomic mass is 10.0. The number of nitrogens with zero attached hydrogens (tertiary/aromatic N) is 2. The number of methoxy groups -OCH3 is 2. The third-order valence-electron chi connectivity index (χ3n) is 7.69. The summed E-state index contributed by atoms with van der Waals surface area (Å²) >= 11 is 0. The highest BCUT2D eigenvalue weighted by atomic mass is 16.5. The van der Waals surface area contributed by atoms with Crippen LogP contribution in [0.3, 0.4) is 0 Å². The van der Waals surface area contributed by atoms with Crippen LogP contribution < -0.4 is 14.8 Å². The number of hydrogen-bond acceptors (Lipinski definition) is 6. The number of hydrogen-bond donors (Lipinski definition) is 1. The number of ether oxygens (including phenoxy) is 3. The van der Waals surface area contributed by atoms with Crippen molar-refractivity contribution in [2.24, 2.45) is 5.92 Å². The van der Waals surface area contributed by atoms with Gasteiger partial charge in [-0.25, -0.2) is 0 Å². The van der Waals surface area contributed by atoms with Gasteiger partial charge in [0.05, 0.1) is 18.8 Å². The monoisotopic (exact) mass is 559 g/mol. The molecule has 3 atom stereocenters. The van der Waals surface area contributed by atoms with Gasteiger partial charge in [-0.2, -0.15) is 0 Å². The molecule has 0 fully saturated rings. The molecule has 0 unspecified atom stereocenters. The van der Waals surface area contributed by atoms with Gasteiger partial charge in [0.15, 0.2) is 0 Å². The highest BCUT2D eigenvalue weighted by Gasteiger charge is 2.28. The Morgan fingerprint density at radius 1 is 1.00 bits per heavy atom. The van der Waals surface area contributed by atoms with Gasteiger partial charge in [0, 0.05) is 51.1 Å². The van der Waals surface area contributed by atoms with Crippen LogP contribution >= 0.6 is 0 Å². The van der Waals surface area contributed by atoms with Crippen LogP contribution in [0.15, 0.2) is 72.8 Å². The predicted molar refractivity (Wildman–Crippen MR) is 161 cm³/mol. The van der Waals surface area contributed by atoms with Gasteiger partial charge in [-0.05, 0) is 61.2 Å². The van der Waals surface area contributed by atoms with Gasteiger partial charge in [-0.3, -0.25) is 14.5 Å². The topological polar surface area (TPSA) is 80.3 Å². The minimum atomic E-state index is -0.297. The van der Waals surface area contributed by atoms with Crippen LogP contribution in [0, 0.1) is 5.92 Å². The summed E-state index contributed by atoms with van der Waals surface area (Å²) in [7, 11) is 5.03. The van der Waals surface area contributed by atoms with Crippen molar-refractivity contribution in [1.82, 2.24) is 9.80 Å². The third kappa shape index (κ3) is 7.86. The number of carbonyl (C=O) groups excluding carboxylic acids is 2. The van der Waals surface area contributed by atoms with Crippen LogP contribution in [0.25, 0.3) is 0 Å². The molecule has 2 amide bonds. The van der Waals surface area contributed by atoms with Crippen LogP contribution in [0.2, 0.25) is 0 Å². The zero-order chi connectivity index (χ0) is 29.4. The lowest BCUT2D eigenvalue weighted by Gasteiger charge is -2.36. The number of benzene rings is 3. The molecule has 218 valence electrons. The summed E-state index contributed by atoms with van der Waals surface area (Å²) in [5.74, 6) is 0.768. The van der Waals surface area contributed by atoms with Crippen molar-refractivity contribution in [2.75, 3.05) is 52.8 Å². The Bertz CT molecular complexity index is 1320. The fourth-order valence-electron chi connectivity index (χ4n) is 5.13. The molecule has 0 aliphatic carbocycles. The number of rotatable bonds is 7. The Labute approximate surface area is 243 Å². The summed E-state index contributed by atoms with van der Waals surface area (Å²) in [6, 6.07) is 22.7. The molecule has 3 aromatic rings. The van der Waals surface area contributed by atoms with Gasteiger partial charge in [0.1, 0.15) is 18.1 Å². The minimum Gasteiger partial charge on any atom is -0.497 e. The lowest BCUT2D eigenvalue weighted by molar-refractivity contribution is 0.0109. The number of amides is 2. The van der Waals surface area contributed by atoms with Gasteiger partial charge in [-0.15, -0.1) is 0 Å². The largest absolute Gasteiger partial charge is 0.497 e. The van der Waals surface area contributed by atoms with E-state index >= 15 is 0 Å². The molecule has 1 N–H and O–H groups in total. The number of carbonyl (C=O) groups is 2. The number of anilines is 1. The van der Waals surface area contributed by atoms with Crippen molar-refractivity contribution in [2.45, 2.75) is 32.4 Å². The lowest BCUT2D eigenvalue weighted by Crippen LogP contribution is -2.47. The number of likely N-dealkylation sites (N-methyl/N-ethyl adjacent to an activating group) is 1. The van der Waals surface area contributed by atoms with Crippen molar-refractivity contribution in [3.63, 3.8) is 0 Å². The smallest absolute Gasteiger partial charge is 0.257 e. The first kappa shape index (κ1) is 30.1. The summed E-state index contributed by atoms with van der Waals surface area (Å²) in [6.45, 7) is 6.87. The van der Waals surface area contributed by atoms with Gasteiger partial charge >= 0.3 is 0 Å². The molecule has 0 radical (unpaired) electrons. The quantitative estimate of drug-likeness (QED) is 0.439. The first-order valence-corrected chi connectivity index (χ1v) is 14.1. The van der Waals surface area contributed by atoms with Crippen molar-refractivity contribution in [3.05, 3.63) is 89.5 Å². The Balaban J connectivity index is 1.58. The first-order chi connectivity index (χ1) is 19.8. The van der Waals surface area contributed by atoms with E-state index in [1.54, 1.807) is 68.6 Å². The Kier molecular flexibility index (Phi) is 10.4. The summed E-state index contributed by atoms with van der Waals surface area (Å²) in [5, 5.41) is 2.90. The minimum absolute atomic E-state index is 0.103. The van der Waals surface area contributed by atoms with Crippen molar-refractivity contribution >= 4 is 17.5 Å². The van der Waals surface area contributed by atoms with E-state index in [2.05, 4.69) is 48.3 Å². The summed E-state index contributed by atoms with van der Waals surface area (Å²) in [4.78, 5) is 30.7. The molecule has 8 nitrogen and oxygen atoms in total. The zero-order valence-electron chi connectivity index (χ0n) is 24.6. The Morgan fingerprint density at radius 2 is 1.78 bits per heavy atom. The molecule has 1 aliphatic rings. The van der Waals surface area contributed by atoms with Crippen LogP contribution in [0.5, 0.6) is 11.5 Å². The molecule has 41 heavy (non-hydrogen) atoms. The molecule has 0 bridgehead atoms. The van der Waals surface area contributed by atoms with E-state index in [0.29, 0.717) is 41.5 Å². The number of nitrogens with one attached hydrogen (secondary N) is 1. The van der Waals surface area contributed by atoms with E-state index in [9.17, 15) is 9.59 Å². The van der Waals surface area contributed by atoms with Crippen LogP contribution in [-0.2, 0) is 11.2 Å². The van der Waals surface area contributed by atoms with E-state index in [4.69, 9.17) is 14.2 Å². The maximum atomic E-state index is 13.7. The summed E-state index contributed by atoms with van der Waals surface area (Å²) < 4.78 is 17.4. The second-order valence-corrected chi connectivity index (χ2v) is 10.7. The fraction of sp³-hybridized carbons (Fsp3) is 0.394. The average molecular weight is 560 g/mol. The molecule has 8 heteroatoms. The van der Waals surface area contributed by atoms with Gasteiger partial charge in [0.25, 0.3) is 11.8 Å². The molecule has 1 aliphatic heterocycles. The molecule has 0 spiro atoms. The molecule has 1 heterocycles. The van der Waals surface area contributed by atoms with Crippen LogP contribution in [0.1, 0.15) is 40.1 Å². The molecular formula is C33H41N3O5. The molecular weight excluding hydrogens is 518 g/mol. The SMILES string of the molecule is COc1cccc(C(=O)Nc2ccc3c(c2)C(=O)N(C)C[C@@H](OC)[C@@H](C)CN(CCc2ccccc2)[C@H](C)CO3)c1. The van der Waals surface area contributed by atoms with Crippen molar-refractivity contribution in [1.29, 1.82) is 0 Å². The second kappa shape index (κ2) is 14.1. The van der Waals surface area contributed by atoms with E-state index in [1.165, 1.54) is 5.56 Å². The second-order valence-electron chi connectivity index (χ2n) is 10.7. The van der Waals surface area contributed by atoms with Crippen molar-refractivity contribution in [3.8, 4) is 11.5 Å². The fourth-order valence-corrected chi connectivity index (χ4v) is 5.13. The summed E-state index contributed by atoms with van der Waals surface area (Å²) in [5.41, 5.74) is 2.64. The van der Waals surface area contributed by atoms with Gasteiger partial charge < -0.3 is 24.4 Å². The Hall–Kier alpha value is -3.88.